The summed E-state index contributed by atoms with van der Waals surface area (Å²) in [5.74, 6) is 0. The molecule has 17 heteroatoms. The fourth-order valence-electron chi connectivity index (χ4n) is 5.34. The minimum absolute atomic E-state index is 0.00709. The molecule has 0 radical (unpaired) electrons. The van der Waals surface area contributed by atoms with E-state index < -0.39 is 92.2 Å². The van der Waals surface area contributed by atoms with E-state index in [1.54, 1.807) is 0 Å². The van der Waals surface area contributed by atoms with E-state index in [1.807, 2.05) is 0 Å². The maximum absolute atomic E-state index is 11.5. The number of ether oxygens (including phenoxy) is 4. The van der Waals surface area contributed by atoms with E-state index in [2.05, 4.69) is 10.6 Å². The van der Waals surface area contributed by atoms with Gasteiger partial charge in [0.05, 0.1) is 43.6 Å². The number of nitrogens with one attached hydrogen (secondary N) is 2. The highest BCUT2D eigenvalue weighted by Gasteiger charge is 2.50. The molecule has 0 aromatic heterocycles. The van der Waals surface area contributed by atoms with Gasteiger partial charge in [-0.2, -0.15) is 0 Å². The van der Waals surface area contributed by atoms with Crippen molar-refractivity contribution in [3.05, 3.63) is 0 Å². The molecule has 2 saturated heterocycles. The second-order valence-electron chi connectivity index (χ2n) is 11.1. The first-order valence-electron chi connectivity index (χ1n) is 14.1. The second kappa shape index (κ2) is 16.4. The van der Waals surface area contributed by atoms with Gasteiger partial charge in [0.15, 0.2) is 12.6 Å². The molecule has 0 amide bonds. The fourth-order valence-corrected chi connectivity index (χ4v) is 5.34. The van der Waals surface area contributed by atoms with Crippen molar-refractivity contribution in [2.45, 2.75) is 111 Å². The molecule has 41 heavy (non-hydrogen) atoms. The van der Waals surface area contributed by atoms with Crippen LogP contribution < -0.4 is 33.6 Å². The fraction of sp³-hybridized carbons (Fsp3) is 1.00. The average Bonchev–Trinajstić information content (AvgIpc) is 2.96. The summed E-state index contributed by atoms with van der Waals surface area (Å²) in [6.07, 6.45) is -10.5. The lowest BCUT2D eigenvalue weighted by Crippen LogP contribution is -2.68. The smallest absolute Gasteiger partial charge is 0.186 e. The second-order valence-corrected chi connectivity index (χ2v) is 11.1. The van der Waals surface area contributed by atoms with Crippen molar-refractivity contribution in [1.82, 2.24) is 10.6 Å². The Morgan fingerprint density at radius 1 is 0.829 bits per heavy atom. The Morgan fingerprint density at radius 2 is 1.54 bits per heavy atom. The van der Waals surface area contributed by atoms with Gasteiger partial charge < -0.3 is 88.3 Å². The number of aliphatic hydroxyl groups is 7. The normalized spacial score (nSPS) is 43.5. The van der Waals surface area contributed by atoms with Crippen LogP contribution in [0.25, 0.3) is 0 Å². The van der Waals surface area contributed by atoms with Gasteiger partial charge in [-0.3, -0.25) is 0 Å². The van der Waals surface area contributed by atoms with Gasteiger partial charge >= 0.3 is 0 Å². The molecule has 1 aliphatic carbocycles. The summed E-state index contributed by atoms with van der Waals surface area (Å²) in [4.78, 5) is 0. The summed E-state index contributed by atoms with van der Waals surface area (Å²) < 4.78 is 23.8. The highest BCUT2D eigenvalue weighted by molar-refractivity contribution is 5.02. The molecular formula is C24H50N6O11. The monoisotopic (exact) mass is 598 g/mol. The van der Waals surface area contributed by atoms with Crippen molar-refractivity contribution < 1.29 is 54.7 Å². The van der Waals surface area contributed by atoms with Crippen molar-refractivity contribution in [2.24, 2.45) is 22.9 Å². The van der Waals surface area contributed by atoms with E-state index in [0.717, 1.165) is 0 Å². The van der Waals surface area contributed by atoms with Crippen molar-refractivity contribution >= 4 is 0 Å². The summed E-state index contributed by atoms with van der Waals surface area (Å²) in [7, 11) is 0. The third-order valence-electron chi connectivity index (χ3n) is 7.89. The van der Waals surface area contributed by atoms with Crippen LogP contribution in [0.2, 0.25) is 0 Å². The molecule has 0 aromatic carbocycles. The zero-order valence-electron chi connectivity index (χ0n) is 23.1. The zero-order valence-corrected chi connectivity index (χ0v) is 23.1. The van der Waals surface area contributed by atoms with Crippen LogP contribution in [0, 0.1) is 0 Å². The Balaban J connectivity index is 1.72. The van der Waals surface area contributed by atoms with Gasteiger partial charge in [0.1, 0.15) is 36.6 Å². The molecule has 0 spiro atoms. The molecule has 15 atom stereocenters. The third-order valence-corrected chi connectivity index (χ3v) is 7.89. The van der Waals surface area contributed by atoms with Gasteiger partial charge in [0.2, 0.25) is 0 Å². The van der Waals surface area contributed by atoms with Crippen LogP contribution >= 0.6 is 0 Å². The first-order chi connectivity index (χ1) is 19.5. The Morgan fingerprint density at radius 3 is 2.20 bits per heavy atom. The van der Waals surface area contributed by atoms with Crippen LogP contribution in [-0.4, -0.2) is 167 Å². The zero-order chi connectivity index (χ0) is 30.3. The van der Waals surface area contributed by atoms with Crippen LogP contribution in [0.4, 0.5) is 0 Å². The SMILES string of the molecule is NCC(O)CN[C@@H]1C[C@H](N)[C@@H](O[C@H]2O[C@H](CNCC(O)CO)CC[C@H]2N)[C@H](O)[C@H]1O[C@H]1O[C@H](CO)[C@@H](O)[C@H](N)[C@H]1O. The van der Waals surface area contributed by atoms with Crippen LogP contribution in [0.15, 0.2) is 0 Å². The predicted molar refractivity (Wildman–Crippen MR) is 143 cm³/mol. The molecule has 2 aliphatic heterocycles. The minimum Gasteiger partial charge on any atom is -0.394 e. The largest absolute Gasteiger partial charge is 0.394 e. The van der Waals surface area contributed by atoms with Crippen LogP contribution in [0.1, 0.15) is 19.3 Å². The van der Waals surface area contributed by atoms with E-state index in [1.165, 1.54) is 0 Å². The maximum atomic E-state index is 11.5. The van der Waals surface area contributed by atoms with Crippen LogP contribution in [-0.2, 0) is 18.9 Å². The van der Waals surface area contributed by atoms with E-state index in [0.29, 0.717) is 19.4 Å². The van der Waals surface area contributed by atoms with Gasteiger partial charge in [-0.25, -0.2) is 0 Å². The first-order valence-corrected chi connectivity index (χ1v) is 14.1. The van der Waals surface area contributed by atoms with Gasteiger partial charge in [-0.1, -0.05) is 0 Å². The van der Waals surface area contributed by atoms with E-state index in [9.17, 15) is 30.6 Å². The molecule has 0 bridgehead atoms. The topological polar surface area (TPSA) is 307 Å². The summed E-state index contributed by atoms with van der Waals surface area (Å²) in [5.41, 5.74) is 24.2. The van der Waals surface area contributed by atoms with Gasteiger partial charge in [0.25, 0.3) is 0 Å². The molecule has 3 rings (SSSR count). The number of rotatable bonds is 14. The number of aliphatic hydroxyl groups excluding tert-OH is 7. The minimum atomic E-state index is -1.49. The maximum Gasteiger partial charge on any atom is 0.186 e. The van der Waals surface area contributed by atoms with Crippen LogP contribution in [0.3, 0.4) is 0 Å². The standard InChI is InChI=1S/C24H50N6O11/c25-4-10(33)6-30-15-3-14(27)21(40-23-13(26)2-1-12(38-23)7-29-5-11(34)8-31)20(37)22(15)41-24-19(36)17(28)18(35)16(9-32)39-24/h10-24,29-37H,1-9,25-28H2/t10?,11?,12-,13+,14-,15+,16+,17-,18+,19+,20-,21+,22-,23+,24+/m0/s1. The number of nitrogens with two attached hydrogens (primary N) is 4. The van der Waals surface area contributed by atoms with Crippen molar-refractivity contribution in [2.75, 3.05) is 39.4 Å². The molecule has 3 aliphatic rings. The lowest BCUT2D eigenvalue weighted by Gasteiger charge is -2.48. The summed E-state index contributed by atoms with van der Waals surface area (Å²) >= 11 is 0. The van der Waals surface area contributed by atoms with E-state index >= 15 is 0 Å². The number of hydrogen-bond donors (Lipinski definition) is 13. The molecule has 17 N–H and O–H groups in total. The summed E-state index contributed by atoms with van der Waals surface area (Å²) in [6.45, 7) is -0.340. The van der Waals surface area contributed by atoms with Crippen molar-refractivity contribution in [3.8, 4) is 0 Å². The van der Waals surface area contributed by atoms with Crippen molar-refractivity contribution in [3.63, 3.8) is 0 Å². The molecule has 2 unspecified atom stereocenters. The lowest BCUT2D eigenvalue weighted by molar-refractivity contribution is -0.314. The molecular weight excluding hydrogens is 548 g/mol. The summed E-state index contributed by atoms with van der Waals surface area (Å²) in [5, 5.41) is 76.5. The van der Waals surface area contributed by atoms with E-state index in [-0.39, 0.29) is 38.8 Å². The quantitative estimate of drug-likeness (QED) is 0.0883. The first kappa shape index (κ1) is 34.8. The number of hydrogen-bond acceptors (Lipinski definition) is 17. The highest BCUT2D eigenvalue weighted by Crippen LogP contribution is 2.31. The highest BCUT2D eigenvalue weighted by atomic mass is 16.7. The molecule has 1 saturated carbocycles. The molecule has 3 fully saturated rings. The third kappa shape index (κ3) is 9.16. The molecule has 0 aromatic rings. The van der Waals surface area contributed by atoms with E-state index in [4.69, 9.17) is 47.0 Å². The molecule has 242 valence electrons. The van der Waals surface area contributed by atoms with Gasteiger partial charge in [-0.05, 0) is 19.3 Å². The average molecular weight is 599 g/mol. The Kier molecular flexibility index (Phi) is 13.9. The predicted octanol–water partition coefficient (Wildman–Crippen LogP) is -7.33. The molecule has 17 nitrogen and oxygen atoms in total. The van der Waals surface area contributed by atoms with Gasteiger partial charge in [-0.15, -0.1) is 0 Å². The Bertz CT molecular complexity index is 763. The van der Waals surface area contributed by atoms with Crippen molar-refractivity contribution in [1.29, 1.82) is 0 Å². The summed E-state index contributed by atoms with van der Waals surface area (Å²) in [6, 6.07) is -3.08. The molecule has 2 heterocycles. The Labute approximate surface area is 239 Å². The Hall–Kier alpha value is -0.680. The van der Waals surface area contributed by atoms with Crippen LogP contribution in [0.5, 0.6) is 0 Å². The van der Waals surface area contributed by atoms with Gasteiger partial charge in [0, 0.05) is 38.3 Å². The lowest BCUT2D eigenvalue weighted by atomic mass is 9.83.